The zero-order valence-electron chi connectivity index (χ0n) is 22.4. The Kier molecular flexibility index (Phi) is 5.92. The van der Waals surface area contributed by atoms with Crippen LogP contribution in [0.4, 0.5) is 0 Å². The van der Waals surface area contributed by atoms with Crippen LogP contribution in [-0.4, -0.2) is 23.9 Å². The Labute approximate surface area is 210 Å². The smallest absolute Gasteiger partial charge is 0.178 e. The van der Waals surface area contributed by atoms with Crippen molar-refractivity contribution < 1.29 is 14.4 Å². The van der Waals surface area contributed by atoms with Gasteiger partial charge in [-0.3, -0.25) is 9.59 Å². The maximum Gasteiger partial charge on any atom is 0.178 e. The number of carbonyl (C=O) groups is 3. The van der Waals surface area contributed by atoms with Gasteiger partial charge in [-0.2, -0.15) is 5.26 Å². The minimum Gasteiger partial charge on any atom is -0.325 e. The second-order valence-corrected chi connectivity index (χ2v) is 13.9. The molecule has 5 aliphatic rings. The summed E-state index contributed by atoms with van der Waals surface area (Å²) >= 11 is 0. The molecule has 2 N–H and O–H groups in total. The van der Waals surface area contributed by atoms with Gasteiger partial charge in [-0.25, -0.2) is 0 Å². The quantitative estimate of drug-likeness (QED) is 0.506. The summed E-state index contributed by atoms with van der Waals surface area (Å²) in [6.45, 7) is 15.2. The molecule has 7 unspecified atom stereocenters. The van der Waals surface area contributed by atoms with Crippen molar-refractivity contribution in [2.45, 2.75) is 92.0 Å². The molecule has 3 fully saturated rings. The van der Waals surface area contributed by atoms with Gasteiger partial charge in [0.25, 0.3) is 0 Å². The van der Waals surface area contributed by atoms with Crippen LogP contribution in [0.15, 0.2) is 23.3 Å². The topological polar surface area (TPSA) is 101 Å². The molecule has 0 saturated heterocycles. The average molecular weight is 479 g/mol. The van der Waals surface area contributed by atoms with Gasteiger partial charge >= 0.3 is 0 Å². The highest BCUT2D eigenvalue weighted by atomic mass is 16.1. The Bertz CT molecular complexity index is 1060. The van der Waals surface area contributed by atoms with E-state index in [4.69, 9.17) is 10.5 Å². The Morgan fingerprint density at radius 2 is 1.63 bits per heavy atom. The lowest BCUT2D eigenvalue weighted by Gasteiger charge is -2.64. The molecule has 0 amide bonds. The van der Waals surface area contributed by atoms with Crippen molar-refractivity contribution in [3.05, 3.63) is 23.3 Å². The summed E-state index contributed by atoms with van der Waals surface area (Å²) < 4.78 is 0. The van der Waals surface area contributed by atoms with Gasteiger partial charge in [0.2, 0.25) is 0 Å². The number of Topliss-reactive ketones (excluding diaryl/α,β-unsaturated/α-hetero) is 1. The van der Waals surface area contributed by atoms with E-state index in [2.05, 4.69) is 33.8 Å². The first-order valence-corrected chi connectivity index (χ1v) is 13.2. The van der Waals surface area contributed by atoms with E-state index in [1.54, 1.807) is 0 Å². The molecule has 0 aromatic heterocycles. The maximum atomic E-state index is 13.9. The van der Waals surface area contributed by atoms with Crippen LogP contribution in [0.2, 0.25) is 0 Å². The second kappa shape index (κ2) is 7.97. The summed E-state index contributed by atoms with van der Waals surface area (Å²) in [7, 11) is 0. The molecule has 0 aliphatic heterocycles. The Hall–Kier alpha value is -2.06. The Balaban J connectivity index is 0.00000141. The number of hydrogen-bond acceptors (Lipinski definition) is 5. The predicted octanol–water partition coefficient (Wildman–Crippen LogP) is 5.34. The van der Waals surface area contributed by atoms with Crippen molar-refractivity contribution in [3.8, 4) is 6.07 Å². The van der Waals surface area contributed by atoms with Crippen molar-refractivity contribution in [2.75, 3.05) is 0 Å². The van der Waals surface area contributed by atoms with Crippen molar-refractivity contribution in [1.82, 2.24) is 0 Å². The molecule has 190 valence electrons. The second-order valence-electron chi connectivity index (χ2n) is 13.9. The van der Waals surface area contributed by atoms with Crippen molar-refractivity contribution in [1.29, 1.82) is 5.26 Å². The fourth-order valence-corrected chi connectivity index (χ4v) is 9.32. The minimum absolute atomic E-state index is 0.00475. The van der Waals surface area contributed by atoms with E-state index in [9.17, 15) is 14.9 Å². The van der Waals surface area contributed by atoms with Gasteiger partial charge in [0, 0.05) is 22.3 Å². The van der Waals surface area contributed by atoms with Crippen LogP contribution in [0.3, 0.4) is 0 Å². The molecular weight excluding hydrogens is 436 g/mol. The van der Waals surface area contributed by atoms with Gasteiger partial charge in [0.05, 0.1) is 5.57 Å². The van der Waals surface area contributed by atoms with Crippen LogP contribution in [0.1, 0.15) is 86.5 Å². The van der Waals surface area contributed by atoms with E-state index in [1.165, 1.54) is 5.57 Å². The maximum absolute atomic E-state index is 13.9. The number of carbonyl (C=O) groups excluding carboxylic acids is 3. The molecule has 0 aromatic carbocycles. The molecule has 0 heterocycles. The summed E-state index contributed by atoms with van der Waals surface area (Å²) in [6, 6.07) is 2.18. The van der Waals surface area contributed by atoms with Crippen LogP contribution in [0.25, 0.3) is 0 Å². The highest BCUT2D eigenvalue weighted by molar-refractivity contribution is 6.04. The third-order valence-corrected chi connectivity index (χ3v) is 11.1. The van der Waals surface area contributed by atoms with Gasteiger partial charge < -0.3 is 10.5 Å². The van der Waals surface area contributed by atoms with Gasteiger partial charge in [-0.1, -0.05) is 53.2 Å². The van der Waals surface area contributed by atoms with Crippen LogP contribution in [-0.2, 0) is 14.4 Å². The van der Waals surface area contributed by atoms with E-state index in [1.807, 2.05) is 32.8 Å². The SMILES string of the molecule is C=O.CC1(C)CCC2(N)CCC3C(C(=O)C=C4C5(C)C=C(C#N)C(=O)C(C)(C)C5CCC43C)C2C1. The summed E-state index contributed by atoms with van der Waals surface area (Å²) in [6.07, 6.45) is 11.0. The highest BCUT2D eigenvalue weighted by Crippen LogP contribution is 2.69. The number of nitrogens with two attached hydrogens (primary N) is 1. The largest absolute Gasteiger partial charge is 0.325 e. The van der Waals surface area contributed by atoms with E-state index < -0.39 is 10.8 Å². The average Bonchev–Trinajstić information content (AvgIpc) is 2.79. The summed E-state index contributed by atoms with van der Waals surface area (Å²) in [5.41, 5.74) is 7.32. The molecule has 35 heavy (non-hydrogen) atoms. The van der Waals surface area contributed by atoms with Crippen molar-refractivity contribution in [3.63, 3.8) is 0 Å². The normalized spacial score (nSPS) is 45.1. The third kappa shape index (κ3) is 3.46. The molecule has 0 spiro atoms. The van der Waals surface area contributed by atoms with E-state index in [-0.39, 0.29) is 57.2 Å². The monoisotopic (exact) mass is 478 g/mol. The van der Waals surface area contributed by atoms with Crippen LogP contribution < -0.4 is 5.73 Å². The molecular formula is C30H42N2O3. The fourth-order valence-electron chi connectivity index (χ4n) is 9.32. The molecule has 0 aromatic rings. The van der Waals surface area contributed by atoms with Crippen LogP contribution in [0.5, 0.6) is 0 Å². The van der Waals surface area contributed by atoms with Crippen molar-refractivity contribution >= 4 is 18.4 Å². The van der Waals surface area contributed by atoms with Gasteiger partial charge in [-0.15, -0.1) is 0 Å². The molecule has 0 radical (unpaired) electrons. The zero-order chi connectivity index (χ0) is 26.2. The number of hydrogen-bond donors (Lipinski definition) is 1. The number of allylic oxidation sites excluding steroid dienone is 4. The highest BCUT2D eigenvalue weighted by Gasteiger charge is 2.65. The fraction of sp³-hybridized carbons (Fsp3) is 0.733. The third-order valence-electron chi connectivity index (χ3n) is 11.1. The standard InChI is InChI=1S/C29H40N2O2.CH2O/c1-25(2)11-12-29(31)10-7-18-23(19(29)15-25)20(32)13-22-27(18,5)9-8-21-26(3,4)24(33)17(16-30)14-28(21,22)6;1-2/h13-14,18-19,21,23H,7-12,15,31H2,1-6H3;1H2. The number of fused-ring (bicyclic) bond motifs is 7. The Morgan fingerprint density at radius 1 is 0.971 bits per heavy atom. The molecule has 5 rings (SSSR count). The van der Waals surface area contributed by atoms with Gasteiger partial charge in [0.15, 0.2) is 11.6 Å². The number of rotatable bonds is 0. The minimum atomic E-state index is -0.608. The van der Waals surface area contributed by atoms with Crippen LogP contribution >= 0.6 is 0 Å². The van der Waals surface area contributed by atoms with E-state index in [0.29, 0.717) is 0 Å². The summed E-state index contributed by atoms with van der Waals surface area (Å²) in [4.78, 5) is 35.0. The van der Waals surface area contributed by atoms with E-state index >= 15 is 0 Å². The summed E-state index contributed by atoms with van der Waals surface area (Å²) in [5.74, 6) is 0.819. The van der Waals surface area contributed by atoms with Gasteiger partial charge in [0.1, 0.15) is 12.9 Å². The number of nitrogens with zero attached hydrogens (tertiary/aromatic N) is 1. The first kappa shape index (κ1) is 26.0. The van der Waals surface area contributed by atoms with Crippen molar-refractivity contribution in [2.24, 2.45) is 51.1 Å². The van der Waals surface area contributed by atoms with Gasteiger partial charge in [-0.05, 0) is 79.6 Å². The predicted molar refractivity (Wildman–Crippen MR) is 136 cm³/mol. The first-order chi connectivity index (χ1) is 16.2. The summed E-state index contributed by atoms with van der Waals surface area (Å²) in [5, 5.41) is 9.77. The Morgan fingerprint density at radius 3 is 2.26 bits per heavy atom. The number of ketones is 2. The van der Waals surface area contributed by atoms with Crippen LogP contribution in [0, 0.1) is 56.7 Å². The lowest BCUT2D eigenvalue weighted by atomic mass is 9.39. The molecule has 0 bridgehead atoms. The molecule has 5 heteroatoms. The van der Waals surface area contributed by atoms with E-state index in [0.717, 1.165) is 44.9 Å². The molecule has 7 atom stereocenters. The first-order valence-electron chi connectivity index (χ1n) is 13.2. The lowest BCUT2D eigenvalue weighted by Crippen LogP contribution is -2.64. The number of nitriles is 1. The molecule has 5 nitrogen and oxygen atoms in total. The molecule has 5 aliphatic carbocycles. The zero-order valence-corrected chi connectivity index (χ0v) is 22.4. The lowest BCUT2D eigenvalue weighted by molar-refractivity contribution is -0.140. The molecule has 3 saturated carbocycles.